The minimum Gasteiger partial charge on any atom is -0.378 e. The average molecular weight is 1160 g/mol. The third kappa shape index (κ3) is 21.1. The SMILES string of the molecule is Cc1cc(-c2ccccc2)cc(-c2ccccc2)c1.Cc1cc(C2CCCCC2)cc(C2CCCCC2)c1.Cc1cc(N(C)C)cc(N(C)C)c1.Cc1ccc(-c2ccccc2)cc1.Cc1ccc(C2CCCCC2)cc1.Cc1ccc2ccccc2c1. The van der Waals surface area contributed by atoms with Crippen molar-refractivity contribution in [1.82, 2.24) is 0 Å². The van der Waals surface area contributed by atoms with Crippen LogP contribution in [0.1, 0.15) is 164 Å². The molecule has 0 heterocycles. The summed E-state index contributed by atoms with van der Waals surface area (Å²) in [7, 11) is 8.25. The number of anilines is 2. The predicted octanol–water partition coefficient (Wildman–Crippen LogP) is 24.4. The normalized spacial score (nSPS) is 14.1. The molecule has 3 fully saturated rings. The molecule has 2 nitrogen and oxygen atoms in total. The van der Waals surface area contributed by atoms with E-state index in [0.717, 1.165) is 17.8 Å². The molecule has 0 amide bonds. The summed E-state index contributed by atoms with van der Waals surface area (Å²) >= 11 is 0. The van der Waals surface area contributed by atoms with E-state index in [1.54, 1.807) is 16.7 Å². The smallest absolute Gasteiger partial charge is 0.0384 e. The topological polar surface area (TPSA) is 6.48 Å². The molecule has 10 aromatic carbocycles. The van der Waals surface area contributed by atoms with Crippen molar-refractivity contribution in [2.75, 3.05) is 38.0 Å². The number of fused-ring (bicyclic) bond motifs is 1. The van der Waals surface area contributed by atoms with Gasteiger partial charge in [0.25, 0.3) is 0 Å². The highest BCUT2D eigenvalue weighted by atomic mass is 15.1. The second-order valence-electron chi connectivity index (χ2n) is 25.8. The summed E-state index contributed by atoms with van der Waals surface area (Å²) < 4.78 is 0. The molecule has 2 heteroatoms. The highest BCUT2D eigenvalue weighted by molar-refractivity contribution is 5.83. The van der Waals surface area contributed by atoms with Crippen LogP contribution in [-0.2, 0) is 0 Å². The third-order valence-electron chi connectivity index (χ3n) is 17.9. The Morgan fingerprint density at radius 2 is 0.568 bits per heavy atom. The fourth-order valence-electron chi connectivity index (χ4n) is 12.8. The maximum absolute atomic E-state index is 2.57. The van der Waals surface area contributed by atoms with Gasteiger partial charge in [0, 0.05) is 39.6 Å². The summed E-state index contributed by atoms with van der Waals surface area (Å²) in [5.74, 6) is 2.57. The van der Waals surface area contributed by atoms with Crippen LogP contribution in [0.4, 0.5) is 11.4 Å². The maximum atomic E-state index is 2.57. The molecular weight excluding hydrogens is 1060 g/mol. The minimum atomic E-state index is 0.856. The molecule has 0 unspecified atom stereocenters. The van der Waals surface area contributed by atoms with Gasteiger partial charge in [0.1, 0.15) is 0 Å². The van der Waals surface area contributed by atoms with Gasteiger partial charge < -0.3 is 9.80 Å². The van der Waals surface area contributed by atoms with Crippen LogP contribution in [0.25, 0.3) is 44.2 Å². The molecule has 0 aliphatic heterocycles. The summed E-state index contributed by atoms with van der Waals surface area (Å²) in [4.78, 5) is 4.25. The zero-order chi connectivity index (χ0) is 62.0. The highest BCUT2D eigenvalue weighted by Crippen LogP contribution is 2.38. The van der Waals surface area contributed by atoms with Crippen molar-refractivity contribution < 1.29 is 0 Å². The van der Waals surface area contributed by atoms with Crippen LogP contribution in [0.2, 0.25) is 0 Å². The maximum Gasteiger partial charge on any atom is 0.0384 e. The first-order valence-corrected chi connectivity index (χ1v) is 33.2. The summed E-state index contributed by atoms with van der Waals surface area (Å²) in [6.45, 7) is 12.9. The number of hydrogen-bond donors (Lipinski definition) is 0. The molecule has 0 atom stereocenters. The molecule has 3 aliphatic rings. The van der Waals surface area contributed by atoms with Crippen molar-refractivity contribution in [3.63, 3.8) is 0 Å². The number of rotatable bonds is 8. The Balaban J connectivity index is 0.000000138. The Labute approximate surface area is 532 Å². The number of hydrogen-bond acceptors (Lipinski definition) is 2. The van der Waals surface area contributed by atoms with Crippen LogP contribution in [0.15, 0.2) is 237 Å². The zero-order valence-electron chi connectivity index (χ0n) is 55.2. The first-order chi connectivity index (χ1) is 42.7. The fourth-order valence-corrected chi connectivity index (χ4v) is 12.8. The lowest BCUT2D eigenvalue weighted by Crippen LogP contribution is -2.12. The van der Waals surface area contributed by atoms with Crippen molar-refractivity contribution in [3.8, 4) is 33.4 Å². The summed E-state index contributed by atoms with van der Waals surface area (Å²) in [6, 6.07) is 84.9. The molecule has 0 bridgehead atoms. The molecule has 13 rings (SSSR count). The van der Waals surface area contributed by atoms with Gasteiger partial charge in [-0.25, -0.2) is 0 Å². The average Bonchev–Trinajstić information content (AvgIpc) is 3.65. The van der Waals surface area contributed by atoms with Crippen LogP contribution in [0, 0.1) is 41.5 Å². The van der Waals surface area contributed by atoms with Gasteiger partial charge in [-0.3, -0.25) is 0 Å². The molecule has 0 radical (unpaired) electrons. The number of nitrogens with zero attached hydrogens (tertiary/aromatic N) is 2. The largest absolute Gasteiger partial charge is 0.378 e. The van der Waals surface area contributed by atoms with Crippen LogP contribution in [0.5, 0.6) is 0 Å². The lowest BCUT2D eigenvalue weighted by Gasteiger charge is -2.26. The molecule has 3 saturated carbocycles. The Hall–Kier alpha value is -7.94. The standard InChI is InChI=1S/C19H28.C19H16.C13H18.C13H12.C11H18N2.C11H10/c2*1-15-12-18(16-8-4-2-5-9-16)14-19(13-15)17-10-6-3-7-11-17;2*1-11-7-9-13(10-8-11)12-5-3-2-4-6-12;1-9-6-10(12(2)3)8-11(7-9)13(4)5;1-9-6-7-10-4-2-3-5-11(10)8-9/h12-14,16-17H,2-11H2,1H3;2-14H,1H3;7-10,12H,2-6H2,1H3;2-10H,1H3;6-8H,1-5H3;2-8H,1H3. The molecule has 0 spiro atoms. The second kappa shape index (κ2) is 34.6. The molecular formula is C86H102N2. The van der Waals surface area contributed by atoms with E-state index in [4.69, 9.17) is 0 Å². The molecule has 10 aromatic rings. The first kappa shape index (κ1) is 66.0. The van der Waals surface area contributed by atoms with Gasteiger partial charge in [0.05, 0.1) is 0 Å². The van der Waals surface area contributed by atoms with E-state index in [1.807, 2.05) is 6.07 Å². The number of aryl methyl sites for hydroxylation is 6. The van der Waals surface area contributed by atoms with Crippen molar-refractivity contribution in [2.24, 2.45) is 0 Å². The van der Waals surface area contributed by atoms with Crippen LogP contribution < -0.4 is 9.80 Å². The zero-order valence-corrected chi connectivity index (χ0v) is 55.2. The molecule has 3 aliphatic carbocycles. The summed E-state index contributed by atoms with van der Waals surface area (Å²) in [5.41, 5.74) is 23.1. The van der Waals surface area contributed by atoms with Gasteiger partial charge >= 0.3 is 0 Å². The Kier molecular flexibility index (Phi) is 25.9. The van der Waals surface area contributed by atoms with Gasteiger partial charge in [-0.05, 0) is 194 Å². The third-order valence-corrected chi connectivity index (χ3v) is 17.9. The lowest BCUT2D eigenvalue weighted by atomic mass is 9.79. The Morgan fingerprint density at radius 3 is 1.00 bits per heavy atom. The second-order valence-corrected chi connectivity index (χ2v) is 25.8. The lowest BCUT2D eigenvalue weighted by molar-refractivity contribution is 0.435. The van der Waals surface area contributed by atoms with E-state index in [0.29, 0.717) is 0 Å². The van der Waals surface area contributed by atoms with Crippen LogP contribution in [0.3, 0.4) is 0 Å². The van der Waals surface area contributed by atoms with Gasteiger partial charge in [-0.2, -0.15) is 0 Å². The molecule has 456 valence electrons. The monoisotopic (exact) mass is 1160 g/mol. The van der Waals surface area contributed by atoms with Gasteiger partial charge in [-0.1, -0.05) is 292 Å². The van der Waals surface area contributed by atoms with Crippen molar-refractivity contribution >= 4 is 22.1 Å². The van der Waals surface area contributed by atoms with Crippen molar-refractivity contribution in [1.29, 1.82) is 0 Å². The fraction of sp³-hybridized carbons (Fsp3) is 0.326. The molecule has 88 heavy (non-hydrogen) atoms. The van der Waals surface area contributed by atoms with Gasteiger partial charge in [0.15, 0.2) is 0 Å². The highest BCUT2D eigenvalue weighted by Gasteiger charge is 2.20. The quantitative estimate of drug-likeness (QED) is 0.150. The molecule has 0 N–H and O–H groups in total. The first-order valence-electron chi connectivity index (χ1n) is 33.2. The number of benzene rings is 10. The minimum absolute atomic E-state index is 0.856. The van der Waals surface area contributed by atoms with E-state index in [1.165, 1.54) is 185 Å². The van der Waals surface area contributed by atoms with Crippen LogP contribution in [-0.4, -0.2) is 28.2 Å². The van der Waals surface area contributed by atoms with Crippen molar-refractivity contribution in [3.05, 3.63) is 287 Å². The summed E-state index contributed by atoms with van der Waals surface area (Å²) in [6.07, 6.45) is 21.5. The van der Waals surface area contributed by atoms with Gasteiger partial charge in [-0.15, -0.1) is 0 Å². The Bertz CT molecular complexity index is 3480. The summed E-state index contributed by atoms with van der Waals surface area (Å²) in [5, 5.41) is 2.64. The van der Waals surface area contributed by atoms with E-state index in [2.05, 4.69) is 310 Å². The molecule has 0 saturated heterocycles. The van der Waals surface area contributed by atoms with Crippen LogP contribution >= 0.6 is 0 Å². The van der Waals surface area contributed by atoms with E-state index < -0.39 is 0 Å². The predicted molar refractivity (Wildman–Crippen MR) is 387 cm³/mol. The van der Waals surface area contributed by atoms with E-state index in [9.17, 15) is 0 Å². The van der Waals surface area contributed by atoms with E-state index >= 15 is 0 Å². The molecule has 0 aromatic heterocycles. The van der Waals surface area contributed by atoms with E-state index in [-0.39, 0.29) is 0 Å². The Morgan fingerprint density at radius 1 is 0.227 bits per heavy atom. The van der Waals surface area contributed by atoms with Crippen molar-refractivity contribution in [2.45, 2.75) is 156 Å². The van der Waals surface area contributed by atoms with Gasteiger partial charge in [0.2, 0.25) is 0 Å².